The van der Waals surface area contributed by atoms with Crippen molar-refractivity contribution in [2.75, 3.05) is 13.2 Å². The summed E-state index contributed by atoms with van der Waals surface area (Å²) in [4.78, 5) is 0. The molecule has 1 saturated heterocycles. The number of hydrogen-bond donors (Lipinski definition) is 2. The van der Waals surface area contributed by atoms with Crippen LogP contribution in [0.15, 0.2) is 30.3 Å². The van der Waals surface area contributed by atoms with Crippen LogP contribution >= 0.6 is 0 Å². The molecule has 3 nitrogen and oxygen atoms in total. The van der Waals surface area contributed by atoms with E-state index in [0.29, 0.717) is 13.2 Å². The van der Waals surface area contributed by atoms with Gasteiger partial charge in [-0.3, -0.25) is 0 Å². The minimum absolute atomic E-state index is 0.0557. The molecule has 0 amide bonds. The molecule has 0 radical (unpaired) electrons. The zero-order valence-electron chi connectivity index (χ0n) is 8.89. The fraction of sp³-hybridized carbons (Fsp3) is 0.500. The van der Waals surface area contributed by atoms with E-state index in [1.807, 2.05) is 18.2 Å². The molecule has 15 heavy (non-hydrogen) atoms. The highest BCUT2D eigenvalue weighted by molar-refractivity contribution is 5.18. The van der Waals surface area contributed by atoms with Crippen molar-refractivity contribution in [3.05, 3.63) is 35.9 Å². The Kier molecular flexibility index (Phi) is 3.36. The largest absolute Gasteiger partial charge is 0.389 e. The number of aliphatic hydroxyl groups excluding tert-OH is 1. The topological polar surface area (TPSA) is 41.5 Å². The SMILES string of the molecule is CC(N[C@@H]1COC[C@@H]1O)c1ccccc1. The van der Waals surface area contributed by atoms with Crippen molar-refractivity contribution >= 4 is 0 Å². The van der Waals surface area contributed by atoms with Crippen LogP contribution in [0.1, 0.15) is 18.5 Å². The zero-order valence-corrected chi connectivity index (χ0v) is 8.89. The molecule has 0 aliphatic carbocycles. The maximum Gasteiger partial charge on any atom is 0.0948 e. The summed E-state index contributed by atoms with van der Waals surface area (Å²) in [5, 5.41) is 13.0. The van der Waals surface area contributed by atoms with Crippen molar-refractivity contribution < 1.29 is 9.84 Å². The van der Waals surface area contributed by atoms with Gasteiger partial charge in [-0.05, 0) is 12.5 Å². The van der Waals surface area contributed by atoms with Gasteiger partial charge in [0.1, 0.15) is 0 Å². The molecular weight excluding hydrogens is 190 g/mol. The van der Waals surface area contributed by atoms with Crippen LogP contribution in [-0.2, 0) is 4.74 Å². The Labute approximate surface area is 90.1 Å². The molecule has 0 bridgehead atoms. The Bertz CT molecular complexity index is 302. The van der Waals surface area contributed by atoms with Crippen molar-refractivity contribution in [2.45, 2.75) is 25.1 Å². The predicted molar refractivity (Wildman–Crippen MR) is 58.6 cm³/mol. The standard InChI is InChI=1S/C12H17NO2/c1-9(10-5-3-2-4-6-10)13-11-7-15-8-12(11)14/h2-6,9,11-14H,7-8H2,1H3/t9?,11-,12+/m1/s1. The van der Waals surface area contributed by atoms with Gasteiger partial charge in [0.15, 0.2) is 0 Å². The van der Waals surface area contributed by atoms with Gasteiger partial charge in [-0.2, -0.15) is 0 Å². The third kappa shape index (κ3) is 2.56. The first-order chi connectivity index (χ1) is 7.27. The quantitative estimate of drug-likeness (QED) is 0.779. The first-order valence-electron chi connectivity index (χ1n) is 5.34. The molecule has 0 spiro atoms. The highest BCUT2D eigenvalue weighted by atomic mass is 16.5. The average Bonchev–Trinajstić information content (AvgIpc) is 2.66. The van der Waals surface area contributed by atoms with Crippen molar-refractivity contribution in [3.63, 3.8) is 0 Å². The van der Waals surface area contributed by atoms with E-state index in [0.717, 1.165) is 0 Å². The van der Waals surface area contributed by atoms with E-state index in [-0.39, 0.29) is 18.2 Å². The van der Waals surface area contributed by atoms with Gasteiger partial charge in [-0.25, -0.2) is 0 Å². The summed E-state index contributed by atoms with van der Waals surface area (Å²) < 4.78 is 5.19. The zero-order chi connectivity index (χ0) is 10.7. The third-order valence-corrected chi connectivity index (χ3v) is 2.81. The summed E-state index contributed by atoms with van der Waals surface area (Å²) >= 11 is 0. The minimum atomic E-state index is -0.379. The second-order valence-corrected chi connectivity index (χ2v) is 4.01. The summed E-state index contributed by atoms with van der Waals surface area (Å²) in [7, 11) is 0. The molecular formula is C12H17NO2. The molecule has 1 unspecified atom stereocenters. The van der Waals surface area contributed by atoms with Crippen molar-refractivity contribution in [3.8, 4) is 0 Å². The molecule has 0 saturated carbocycles. The lowest BCUT2D eigenvalue weighted by molar-refractivity contribution is 0.121. The van der Waals surface area contributed by atoms with Gasteiger partial charge < -0.3 is 15.2 Å². The first kappa shape index (κ1) is 10.6. The summed E-state index contributed by atoms with van der Waals surface area (Å²) in [6, 6.07) is 10.5. The summed E-state index contributed by atoms with van der Waals surface area (Å²) in [5.41, 5.74) is 1.23. The number of aliphatic hydroxyl groups is 1. The van der Waals surface area contributed by atoms with Gasteiger partial charge in [0, 0.05) is 6.04 Å². The number of rotatable bonds is 3. The third-order valence-electron chi connectivity index (χ3n) is 2.81. The van der Waals surface area contributed by atoms with Crippen LogP contribution < -0.4 is 5.32 Å². The molecule has 1 heterocycles. The number of nitrogens with one attached hydrogen (secondary N) is 1. The molecule has 1 aromatic carbocycles. The van der Waals surface area contributed by atoms with Crippen LogP contribution in [-0.4, -0.2) is 30.5 Å². The fourth-order valence-electron chi connectivity index (χ4n) is 1.86. The maximum atomic E-state index is 9.60. The number of hydrogen-bond acceptors (Lipinski definition) is 3. The average molecular weight is 207 g/mol. The van der Waals surface area contributed by atoms with E-state index in [9.17, 15) is 5.11 Å². The van der Waals surface area contributed by atoms with Crippen LogP contribution in [0.4, 0.5) is 0 Å². The van der Waals surface area contributed by atoms with Crippen molar-refractivity contribution in [1.29, 1.82) is 0 Å². The van der Waals surface area contributed by atoms with E-state index >= 15 is 0 Å². The van der Waals surface area contributed by atoms with Gasteiger partial charge in [-0.1, -0.05) is 30.3 Å². The lowest BCUT2D eigenvalue weighted by atomic mass is 10.1. The van der Waals surface area contributed by atoms with E-state index in [1.165, 1.54) is 5.56 Å². The van der Waals surface area contributed by atoms with Crippen LogP contribution in [0.25, 0.3) is 0 Å². The van der Waals surface area contributed by atoms with E-state index in [1.54, 1.807) is 0 Å². The predicted octanol–water partition coefficient (Wildman–Crippen LogP) is 1.10. The maximum absolute atomic E-state index is 9.60. The van der Waals surface area contributed by atoms with E-state index in [2.05, 4.69) is 24.4 Å². The van der Waals surface area contributed by atoms with Gasteiger partial charge in [0.25, 0.3) is 0 Å². The van der Waals surface area contributed by atoms with Gasteiger partial charge in [-0.15, -0.1) is 0 Å². The first-order valence-corrected chi connectivity index (χ1v) is 5.34. The van der Waals surface area contributed by atoms with Crippen LogP contribution in [0.5, 0.6) is 0 Å². The number of benzene rings is 1. The lowest BCUT2D eigenvalue weighted by Gasteiger charge is -2.20. The molecule has 1 fully saturated rings. The van der Waals surface area contributed by atoms with Gasteiger partial charge in [0.05, 0.1) is 25.4 Å². The van der Waals surface area contributed by atoms with Crippen LogP contribution in [0.2, 0.25) is 0 Å². The van der Waals surface area contributed by atoms with Crippen LogP contribution in [0, 0.1) is 0 Å². The van der Waals surface area contributed by atoms with Crippen LogP contribution in [0.3, 0.4) is 0 Å². The molecule has 2 N–H and O–H groups in total. The molecule has 3 atom stereocenters. The highest BCUT2D eigenvalue weighted by Gasteiger charge is 2.27. The van der Waals surface area contributed by atoms with E-state index < -0.39 is 0 Å². The smallest absolute Gasteiger partial charge is 0.0948 e. The normalized spacial score (nSPS) is 27.9. The Morgan fingerprint density at radius 2 is 2.07 bits per heavy atom. The number of ether oxygens (including phenoxy) is 1. The van der Waals surface area contributed by atoms with Gasteiger partial charge in [0.2, 0.25) is 0 Å². The Hall–Kier alpha value is -0.900. The van der Waals surface area contributed by atoms with E-state index in [4.69, 9.17) is 4.74 Å². The molecule has 1 aliphatic rings. The molecule has 2 rings (SSSR count). The monoisotopic (exact) mass is 207 g/mol. The van der Waals surface area contributed by atoms with Crippen molar-refractivity contribution in [1.82, 2.24) is 5.32 Å². The summed E-state index contributed by atoms with van der Waals surface area (Å²) in [6.45, 7) is 3.14. The second kappa shape index (κ2) is 4.75. The Balaban J connectivity index is 1.95. The lowest BCUT2D eigenvalue weighted by Crippen LogP contribution is -2.40. The molecule has 1 aromatic rings. The summed E-state index contributed by atoms with van der Waals surface area (Å²) in [5.74, 6) is 0. The fourth-order valence-corrected chi connectivity index (χ4v) is 1.86. The summed E-state index contributed by atoms with van der Waals surface area (Å²) in [6.07, 6.45) is -0.379. The molecule has 3 heteroatoms. The molecule has 0 aromatic heterocycles. The second-order valence-electron chi connectivity index (χ2n) is 4.01. The molecule has 1 aliphatic heterocycles. The Morgan fingerprint density at radius 1 is 1.33 bits per heavy atom. The van der Waals surface area contributed by atoms with Gasteiger partial charge >= 0.3 is 0 Å². The molecule has 82 valence electrons. The van der Waals surface area contributed by atoms with Crippen molar-refractivity contribution in [2.24, 2.45) is 0 Å². The minimum Gasteiger partial charge on any atom is -0.389 e. The Morgan fingerprint density at radius 3 is 2.67 bits per heavy atom. The highest BCUT2D eigenvalue weighted by Crippen LogP contribution is 2.15.